The molecule has 0 aliphatic heterocycles. The number of hydrogen-bond donors (Lipinski definition) is 0. The normalized spacial score (nSPS) is 12.0. The van der Waals surface area contributed by atoms with Gasteiger partial charge in [-0.25, -0.2) is 22.0 Å². The zero-order valence-corrected chi connectivity index (χ0v) is 11.5. The molecule has 136 valence electrons. The maximum atomic E-state index is 13.8. The molecular formula is C14H4F10O. The van der Waals surface area contributed by atoms with E-state index in [0.717, 1.165) is 0 Å². The van der Waals surface area contributed by atoms with Crippen molar-refractivity contribution in [3.8, 4) is 16.9 Å². The molecule has 0 radical (unpaired) electrons. The van der Waals surface area contributed by atoms with Crippen molar-refractivity contribution in [1.29, 1.82) is 0 Å². The minimum atomic E-state index is -5.36. The van der Waals surface area contributed by atoms with Gasteiger partial charge in [0, 0.05) is 5.56 Å². The van der Waals surface area contributed by atoms with E-state index in [2.05, 4.69) is 4.74 Å². The Kier molecular flexibility index (Phi) is 4.87. The Labute approximate surface area is 132 Å². The lowest BCUT2D eigenvalue weighted by molar-refractivity contribution is -0.137. The van der Waals surface area contributed by atoms with Crippen LogP contribution in [0.2, 0.25) is 0 Å². The molecule has 2 aromatic rings. The highest BCUT2D eigenvalue weighted by Crippen LogP contribution is 2.45. The van der Waals surface area contributed by atoms with Crippen molar-refractivity contribution in [2.24, 2.45) is 0 Å². The van der Waals surface area contributed by atoms with Crippen molar-refractivity contribution in [3.63, 3.8) is 0 Å². The molecule has 0 saturated carbocycles. The molecular weight excluding hydrogens is 374 g/mol. The standard InChI is InChI=1S/C14H4F10O/c15-8-7(9(16)11(18)12(19)10(8)17)6-4(14(22,23)24)2-1-3-5(6)25-13(20)21/h1-3,13H. The summed E-state index contributed by atoms with van der Waals surface area (Å²) in [4.78, 5) is 0. The first-order valence-electron chi connectivity index (χ1n) is 6.13. The highest BCUT2D eigenvalue weighted by molar-refractivity contribution is 5.76. The molecule has 0 fully saturated rings. The minimum absolute atomic E-state index is 0.214. The molecule has 0 aliphatic rings. The van der Waals surface area contributed by atoms with Gasteiger partial charge in [0.1, 0.15) is 5.75 Å². The van der Waals surface area contributed by atoms with E-state index >= 15 is 0 Å². The van der Waals surface area contributed by atoms with E-state index in [1.54, 1.807) is 0 Å². The molecule has 0 aliphatic carbocycles. The van der Waals surface area contributed by atoms with Crippen LogP contribution >= 0.6 is 0 Å². The van der Waals surface area contributed by atoms with Gasteiger partial charge in [0.2, 0.25) is 5.82 Å². The Balaban J connectivity index is 2.96. The summed E-state index contributed by atoms with van der Waals surface area (Å²) in [5.74, 6) is -14.3. The second-order valence-corrected chi connectivity index (χ2v) is 4.50. The van der Waals surface area contributed by atoms with Gasteiger partial charge in [-0.3, -0.25) is 0 Å². The van der Waals surface area contributed by atoms with E-state index in [9.17, 15) is 43.9 Å². The maximum Gasteiger partial charge on any atom is 0.417 e. The highest BCUT2D eigenvalue weighted by atomic mass is 19.4. The van der Waals surface area contributed by atoms with Crippen molar-refractivity contribution >= 4 is 0 Å². The Hall–Kier alpha value is -2.46. The summed E-state index contributed by atoms with van der Waals surface area (Å²) in [5.41, 5.74) is -5.68. The first-order chi connectivity index (χ1) is 11.5. The highest BCUT2D eigenvalue weighted by Gasteiger charge is 2.39. The van der Waals surface area contributed by atoms with Gasteiger partial charge < -0.3 is 4.74 Å². The predicted octanol–water partition coefficient (Wildman–Crippen LogP) is 5.67. The summed E-state index contributed by atoms with van der Waals surface area (Å²) in [5, 5.41) is 0. The molecule has 0 unspecified atom stereocenters. The lowest BCUT2D eigenvalue weighted by Crippen LogP contribution is -2.13. The fourth-order valence-electron chi connectivity index (χ4n) is 2.04. The van der Waals surface area contributed by atoms with Crippen LogP contribution in [-0.4, -0.2) is 6.61 Å². The second-order valence-electron chi connectivity index (χ2n) is 4.50. The first kappa shape index (κ1) is 18.9. The van der Waals surface area contributed by atoms with Gasteiger partial charge in [0.05, 0.1) is 11.1 Å². The molecule has 0 amide bonds. The fraction of sp³-hybridized carbons (Fsp3) is 0.143. The quantitative estimate of drug-likeness (QED) is 0.380. The van der Waals surface area contributed by atoms with Crippen LogP contribution in [0.15, 0.2) is 18.2 Å². The van der Waals surface area contributed by atoms with E-state index in [1.807, 2.05) is 0 Å². The summed E-state index contributed by atoms with van der Waals surface area (Å²) in [6.45, 7) is -3.72. The van der Waals surface area contributed by atoms with Gasteiger partial charge in [0.15, 0.2) is 23.3 Å². The topological polar surface area (TPSA) is 9.23 Å². The Morgan fingerprint density at radius 3 is 1.64 bits per heavy atom. The zero-order valence-electron chi connectivity index (χ0n) is 11.5. The number of benzene rings is 2. The lowest BCUT2D eigenvalue weighted by Gasteiger charge is -2.18. The summed E-state index contributed by atoms with van der Waals surface area (Å²) in [6, 6.07) is 1.25. The van der Waals surface area contributed by atoms with Crippen molar-refractivity contribution in [1.82, 2.24) is 0 Å². The van der Waals surface area contributed by atoms with E-state index in [1.165, 1.54) is 0 Å². The van der Waals surface area contributed by atoms with Crippen LogP contribution in [0.4, 0.5) is 43.9 Å². The Bertz CT molecular complexity index is 783. The lowest BCUT2D eigenvalue weighted by atomic mass is 9.96. The molecule has 0 spiro atoms. The van der Waals surface area contributed by atoms with E-state index < -0.39 is 64.3 Å². The first-order valence-corrected chi connectivity index (χ1v) is 6.13. The smallest absolute Gasteiger partial charge is 0.417 e. The van der Waals surface area contributed by atoms with Crippen molar-refractivity contribution in [2.75, 3.05) is 0 Å². The number of alkyl halides is 5. The summed E-state index contributed by atoms with van der Waals surface area (Å²) in [6.07, 6.45) is -5.36. The van der Waals surface area contributed by atoms with Gasteiger partial charge in [-0.05, 0) is 12.1 Å². The maximum absolute atomic E-state index is 13.8. The molecule has 25 heavy (non-hydrogen) atoms. The number of rotatable bonds is 3. The minimum Gasteiger partial charge on any atom is -0.434 e. The molecule has 2 aromatic carbocycles. The van der Waals surface area contributed by atoms with Crippen LogP contribution in [0.25, 0.3) is 11.1 Å². The zero-order chi connectivity index (χ0) is 19.1. The average Bonchev–Trinajstić information content (AvgIpc) is 2.51. The van der Waals surface area contributed by atoms with Crippen molar-refractivity contribution < 1.29 is 48.6 Å². The van der Waals surface area contributed by atoms with E-state index in [-0.39, 0.29) is 6.07 Å². The third-order valence-electron chi connectivity index (χ3n) is 3.01. The third kappa shape index (κ3) is 3.35. The van der Waals surface area contributed by atoms with Crippen LogP contribution in [0, 0.1) is 29.1 Å². The molecule has 0 atom stereocenters. The van der Waals surface area contributed by atoms with Crippen molar-refractivity contribution in [3.05, 3.63) is 52.8 Å². The van der Waals surface area contributed by atoms with Crippen molar-refractivity contribution in [2.45, 2.75) is 12.8 Å². The third-order valence-corrected chi connectivity index (χ3v) is 3.01. The molecule has 11 heteroatoms. The van der Waals surface area contributed by atoms with Gasteiger partial charge in [-0.1, -0.05) is 6.07 Å². The van der Waals surface area contributed by atoms with Crippen LogP contribution in [-0.2, 0) is 6.18 Å². The molecule has 0 bridgehead atoms. The SMILES string of the molecule is Fc1c(F)c(F)c(-c2c(OC(F)F)cccc2C(F)(F)F)c(F)c1F. The van der Waals surface area contributed by atoms with Gasteiger partial charge in [0.25, 0.3) is 0 Å². The summed E-state index contributed by atoms with van der Waals surface area (Å²) < 4.78 is 135. The predicted molar refractivity (Wildman–Crippen MR) is 63.3 cm³/mol. The van der Waals surface area contributed by atoms with Crippen LogP contribution in [0.5, 0.6) is 5.75 Å². The molecule has 0 aromatic heterocycles. The molecule has 0 N–H and O–H groups in total. The number of hydrogen-bond acceptors (Lipinski definition) is 1. The van der Waals surface area contributed by atoms with Crippen LogP contribution < -0.4 is 4.74 Å². The van der Waals surface area contributed by atoms with E-state index in [0.29, 0.717) is 12.1 Å². The number of halogens is 10. The van der Waals surface area contributed by atoms with E-state index in [4.69, 9.17) is 0 Å². The van der Waals surface area contributed by atoms with Crippen LogP contribution in [0.3, 0.4) is 0 Å². The number of ether oxygens (including phenoxy) is 1. The van der Waals surface area contributed by atoms with Gasteiger partial charge in [-0.15, -0.1) is 0 Å². The summed E-state index contributed by atoms with van der Waals surface area (Å²) >= 11 is 0. The Morgan fingerprint density at radius 1 is 0.720 bits per heavy atom. The van der Waals surface area contributed by atoms with Gasteiger partial charge in [-0.2, -0.15) is 22.0 Å². The monoisotopic (exact) mass is 378 g/mol. The molecule has 0 heterocycles. The largest absolute Gasteiger partial charge is 0.434 e. The molecule has 1 nitrogen and oxygen atoms in total. The molecule has 0 saturated heterocycles. The fourth-order valence-corrected chi connectivity index (χ4v) is 2.04. The van der Waals surface area contributed by atoms with Gasteiger partial charge >= 0.3 is 12.8 Å². The molecule has 2 rings (SSSR count). The van der Waals surface area contributed by atoms with Crippen LogP contribution in [0.1, 0.15) is 5.56 Å². The average molecular weight is 378 g/mol. The summed E-state index contributed by atoms with van der Waals surface area (Å²) in [7, 11) is 0. The second kappa shape index (κ2) is 6.45. The Morgan fingerprint density at radius 2 is 1.20 bits per heavy atom.